The molecule has 1 fully saturated rings. The van der Waals surface area contributed by atoms with E-state index in [1.165, 1.54) is 0 Å². The van der Waals surface area contributed by atoms with E-state index in [0.29, 0.717) is 6.61 Å². The molecule has 0 N–H and O–H groups in total. The van der Waals surface area contributed by atoms with Crippen LogP contribution in [0.4, 0.5) is 0 Å². The van der Waals surface area contributed by atoms with Gasteiger partial charge in [-0.15, -0.1) is 0 Å². The molecule has 1 atom stereocenters. The molecule has 0 saturated carbocycles. The van der Waals surface area contributed by atoms with E-state index in [1.807, 2.05) is 30.3 Å². The Hall–Kier alpha value is -1.98. The van der Waals surface area contributed by atoms with E-state index in [1.54, 1.807) is 0 Å². The smallest absolute Gasteiger partial charge is 0.489 e. The Morgan fingerprint density at radius 2 is 1.62 bits per heavy atom. The van der Waals surface area contributed by atoms with Gasteiger partial charge in [0.25, 0.3) is 0 Å². The topological polar surface area (TPSA) is 36.9 Å². The maximum absolute atomic E-state index is 6.15. The lowest BCUT2D eigenvalue weighted by Gasteiger charge is -2.32. The fourth-order valence-corrected chi connectivity index (χ4v) is 3.32. The minimum atomic E-state index is -0.354. The molecular formula is C21H25BO4. The van der Waals surface area contributed by atoms with Gasteiger partial charge in [-0.25, -0.2) is 0 Å². The predicted octanol–water partition coefficient (Wildman–Crippen LogP) is 3.81. The molecule has 136 valence electrons. The molecule has 2 aromatic rings. The van der Waals surface area contributed by atoms with Crippen molar-refractivity contribution < 1.29 is 18.8 Å². The first-order valence-corrected chi connectivity index (χ1v) is 9.11. The van der Waals surface area contributed by atoms with Gasteiger partial charge in [0.1, 0.15) is 18.1 Å². The van der Waals surface area contributed by atoms with Crippen LogP contribution in [0, 0.1) is 6.92 Å². The minimum absolute atomic E-state index is 0.0763. The van der Waals surface area contributed by atoms with Crippen LogP contribution < -0.4 is 14.9 Å². The average molecular weight is 352 g/mol. The van der Waals surface area contributed by atoms with Crippen molar-refractivity contribution in [2.24, 2.45) is 0 Å². The number of benzene rings is 2. The van der Waals surface area contributed by atoms with Gasteiger partial charge in [0.15, 0.2) is 6.10 Å². The van der Waals surface area contributed by atoms with Crippen molar-refractivity contribution in [3.05, 3.63) is 53.6 Å². The number of hydrogen-bond acceptors (Lipinski definition) is 4. The number of hydrogen-bond donors (Lipinski definition) is 0. The van der Waals surface area contributed by atoms with Gasteiger partial charge in [0.2, 0.25) is 0 Å². The lowest BCUT2D eigenvalue weighted by atomic mass is 9.79. The Labute approximate surface area is 155 Å². The highest BCUT2D eigenvalue weighted by atomic mass is 16.7. The minimum Gasteiger partial charge on any atom is -0.489 e. The third-order valence-corrected chi connectivity index (χ3v) is 5.65. The fraction of sp³-hybridized carbons (Fsp3) is 0.429. The number of aryl methyl sites for hydroxylation is 1. The van der Waals surface area contributed by atoms with E-state index in [-0.39, 0.29) is 24.4 Å². The lowest BCUT2D eigenvalue weighted by Crippen LogP contribution is -2.41. The summed E-state index contributed by atoms with van der Waals surface area (Å²) in [7, 11) is -0.354. The normalized spacial score (nSPS) is 22.8. The van der Waals surface area contributed by atoms with Crippen molar-refractivity contribution in [2.45, 2.75) is 51.9 Å². The Morgan fingerprint density at radius 1 is 0.962 bits per heavy atom. The first-order valence-electron chi connectivity index (χ1n) is 9.11. The Kier molecular flexibility index (Phi) is 4.05. The van der Waals surface area contributed by atoms with Crippen LogP contribution in [0.2, 0.25) is 0 Å². The van der Waals surface area contributed by atoms with Gasteiger partial charge >= 0.3 is 7.12 Å². The lowest BCUT2D eigenvalue weighted by molar-refractivity contribution is 0.00578. The van der Waals surface area contributed by atoms with Crippen molar-refractivity contribution in [3.8, 4) is 11.5 Å². The van der Waals surface area contributed by atoms with Crippen LogP contribution >= 0.6 is 0 Å². The summed E-state index contributed by atoms with van der Waals surface area (Å²) < 4.78 is 24.1. The van der Waals surface area contributed by atoms with Crippen molar-refractivity contribution in [2.75, 3.05) is 6.61 Å². The van der Waals surface area contributed by atoms with Crippen LogP contribution in [-0.4, -0.2) is 24.9 Å². The maximum Gasteiger partial charge on any atom is 0.494 e. The molecule has 0 spiro atoms. The molecule has 0 aliphatic carbocycles. The Morgan fingerprint density at radius 3 is 2.27 bits per heavy atom. The molecule has 1 unspecified atom stereocenters. The van der Waals surface area contributed by atoms with Gasteiger partial charge < -0.3 is 18.8 Å². The molecule has 2 heterocycles. The van der Waals surface area contributed by atoms with E-state index >= 15 is 0 Å². The van der Waals surface area contributed by atoms with Crippen LogP contribution in [0.15, 0.2) is 42.5 Å². The molecule has 4 rings (SSSR count). The van der Waals surface area contributed by atoms with Gasteiger partial charge in [-0.1, -0.05) is 30.3 Å². The average Bonchev–Trinajstić information content (AvgIpc) is 3.08. The zero-order valence-electron chi connectivity index (χ0n) is 16.0. The molecule has 0 aromatic heterocycles. The van der Waals surface area contributed by atoms with Gasteiger partial charge in [-0.2, -0.15) is 0 Å². The number of rotatable bonds is 3. The van der Waals surface area contributed by atoms with Gasteiger partial charge in [0.05, 0.1) is 11.2 Å². The molecule has 0 amide bonds. The van der Waals surface area contributed by atoms with E-state index in [4.69, 9.17) is 18.8 Å². The van der Waals surface area contributed by atoms with E-state index < -0.39 is 0 Å². The summed E-state index contributed by atoms with van der Waals surface area (Å²) in [5, 5.41) is 0. The zero-order valence-corrected chi connectivity index (χ0v) is 16.0. The van der Waals surface area contributed by atoms with Crippen molar-refractivity contribution >= 4 is 12.6 Å². The van der Waals surface area contributed by atoms with Crippen LogP contribution in [0.1, 0.15) is 44.9 Å². The van der Waals surface area contributed by atoms with E-state index in [2.05, 4.69) is 46.8 Å². The first-order chi connectivity index (χ1) is 12.3. The molecule has 5 heteroatoms. The van der Waals surface area contributed by atoms with Crippen LogP contribution in [-0.2, 0) is 9.31 Å². The predicted molar refractivity (Wildman–Crippen MR) is 102 cm³/mol. The Balaban J connectivity index is 1.48. The molecule has 26 heavy (non-hydrogen) atoms. The largest absolute Gasteiger partial charge is 0.494 e. The highest BCUT2D eigenvalue weighted by Gasteiger charge is 2.51. The van der Waals surface area contributed by atoms with Crippen LogP contribution in [0.25, 0.3) is 0 Å². The first kappa shape index (κ1) is 17.4. The summed E-state index contributed by atoms with van der Waals surface area (Å²) in [5.74, 6) is 1.76. The maximum atomic E-state index is 6.15. The second-order valence-corrected chi connectivity index (χ2v) is 8.07. The second-order valence-electron chi connectivity index (χ2n) is 8.07. The summed E-state index contributed by atoms with van der Waals surface area (Å²) in [4.78, 5) is 0. The summed E-state index contributed by atoms with van der Waals surface area (Å²) in [5.41, 5.74) is 2.57. The van der Waals surface area contributed by atoms with Crippen molar-refractivity contribution in [1.82, 2.24) is 0 Å². The summed E-state index contributed by atoms with van der Waals surface area (Å²) in [6.45, 7) is 10.8. The van der Waals surface area contributed by atoms with Gasteiger partial charge in [-0.3, -0.25) is 0 Å². The van der Waals surface area contributed by atoms with E-state index in [9.17, 15) is 0 Å². The molecule has 0 bridgehead atoms. The quantitative estimate of drug-likeness (QED) is 0.788. The highest BCUT2D eigenvalue weighted by Crippen LogP contribution is 2.38. The highest BCUT2D eigenvalue weighted by molar-refractivity contribution is 6.62. The summed E-state index contributed by atoms with van der Waals surface area (Å²) >= 11 is 0. The molecular weight excluding hydrogens is 327 g/mol. The van der Waals surface area contributed by atoms with E-state index in [0.717, 1.165) is 28.1 Å². The van der Waals surface area contributed by atoms with Crippen molar-refractivity contribution in [3.63, 3.8) is 0 Å². The standard InChI is InChI=1S/C21H25BO4/c1-14-7-6-8-17-18(13-23-19(14)17)24-16-11-9-15(10-12-16)22-25-20(2,3)21(4,5)26-22/h6-12,18H,13H2,1-5H3. The molecule has 0 radical (unpaired) electrons. The SMILES string of the molecule is Cc1cccc2c1OCC2Oc1ccc(B2OC(C)(C)C(C)(C)O2)cc1. The number of para-hydroxylation sites is 1. The molecule has 2 aromatic carbocycles. The van der Waals surface area contributed by atoms with Gasteiger partial charge in [-0.05, 0) is 57.8 Å². The third kappa shape index (κ3) is 2.89. The Bertz CT molecular complexity index is 797. The zero-order chi connectivity index (χ0) is 18.5. The van der Waals surface area contributed by atoms with Crippen LogP contribution in [0.5, 0.6) is 11.5 Å². The molecule has 2 aliphatic heterocycles. The van der Waals surface area contributed by atoms with Crippen molar-refractivity contribution in [1.29, 1.82) is 0 Å². The van der Waals surface area contributed by atoms with Gasteiger partial charge in [0, 0.05) is 5.56 Å². The van der Waals surface area contributed by atoms with Crippen LogP contribution in [0.3, 0.4) is 0 Å². The molecule has 4 nitrogen and oxygen atoms in total. The molecule has 2 aliphatic rings. The number of fused-ring (bicyclic) bond motifs is 1. The summed E-state index contributed by atoms with van der Waals surface area (Å²) in [6.07, 6.45) is -0.0763. The third-order valence-electron chi connectivity index (χ3n) is 5.65. The molecule has 1 saturated heterocycles. The number of ether oxygens (including phenoxy) is 2. The summed E-state index contributed by atoms with van der Waals surface area (Å²) in [6, 6.07) is 14.1. The monoisotopic (exact) mass is 352 g/mol. The fourth-order valence-electron chi connectivity index (χ4n) is 3.32. The second kappa shape index (κ2) is 6.03.